The Morgan fingerprint density at radius 1 is 1.33 bits per heavy atom. The number of amidine groups is 1. The molecular weight excluding hydrogens is 296 g/mol. The number of rotatable bonds is 3. The number of hydrogen-bond acceptors (Lipinski definition) is 2. The van der Waals surface area contributed by atoms with Crippen LogP contribution in [0.3, 0.4) is 0 Å². The number of aromatic amines is 1. The van der Waals surface area contributed by atoms with Gasteiger partial charge in [-0.05, 0) is 49.2 Å². The van der Waals surface area contributed by atoms with E-state index in [2.05, 4.69) is 52.4 Å². The minimum Gasteiger partial charge on any atom is -0.383 e. The number of nitrogens with zero attached hydrogens (tertiary/aromatic N) is 2. The summed E-state index contributed by atoms with van der Waals surface area (Å²) in [6, 6.07) is 6.24. The summed E-state index contributed by atoms with van der Waals surface area (Å²) in [6.07, 6.45) is 12.5. The SMILES string of the molecule is CN1CC=C(c2c[nH]c3ccc(N=C(N)C4=CC=CC4)cc23)CC1. The van der Waals surface area contributed by atoms with Crippen molar-refractivity contribution >= 4 is 28.0 Å². The van der Waals surface area contributed by atoms with Crippen LogP contribution in [0.2, 0.25) is 0 Å². The number of aliphatic imine (C=N–C) groups is 1. The van der Waals surface area contributed by atoms with Crippen molar-refractivity contribution in [2.75, 3.05) is 20.1 Å². The number of nitrogens with one attached hydrogen (secondary N) is 1. The van der Waals surface area contributed by atoms with Gasteiger partial charge in [-0.25, -0.2) is 4.99 Å². The molecule has 0 atom stereocenters. The van der Waals surface area contributed by atoms with Crippen molar-refractivity contribution < 1.29 is 0 Å². The van der Waals surface area contributed by atoms with Gasteiger partial charge in [0, 0.05) is 35.8 Å². The van der Waals surface area contributed by atoms with Crippen molar-refractivity contribution in [2.24, 2.45) is 10.7 Å². The van der Waals surface area contributed by atoms with Gasteiger partial charge in [-0.3, -0.25) is 0 Å². The molecule has 1 aliphatic heterocycles. The number of allylic oxidation sites excluding steroid dienone is 3. The van der Waals surface area contributed by atoms with Crippen LogP contribution in [0.15, 0.2) is 59.3 Å². The third-order valence-corrected chi connectivity index (χ3v) is 4.77. The van der Waals surface area contributed by atoms with Gasteiger partial charge in [0.05, 0.1) is 5.69 Å². The Hall–Kier alpha value is -2.59. The van der Waals surface area contributed by atoms with Crippen LogP contribution in [-0.2, 0) is 0 Å². The number of benzene rings is 1. The molecule has 2 aromatic rings. The average molecular weight is 318 g/mol. The maximum atomic E-state index is 6.14. The highest BCUT2D eigenvalue weighted by molar-refractivity contribution is 6.01. The number of H-pyrrole nitrogens is 1. The fourth-order valence-corrected chi connectivity index (χ4v) is 3.31. The minimum atomic E-state index is 0.606. The molecule has 0 saturated carbocycles. The molecule has 24 heavy (non-hydrogen) atoms. The molecule has 2 aliphatic rings. The highest BCUT2D eigenvalue weighted by Gasteiger charge is 2.14. The Morgan fingerprint density at radius 2 is 2.25 bits per heavy atom. The van der Waals surface area contributed by atoms with Crippen molar-refractivity contribution in [2.45, 2.75) is 12.8 Å². The molecule has 0 spiro atoms. The molecule has 0 radical (unpaired) electrons. The number of nitrogens with two attached hydrogens (primary N) is 1. The van der Waals surface area contributed by atoms with Crippen LogP contribution in [0.5, 0.6) is 0 Å². The molecule has 4 nitrogen and oxygen atoms in total. The summed E-state index contributed by atoms with van der Waals surface area (Å²) in [5, 5.41) is 1.22. The van der Waals surface area contributed by atoms with Gasteiger partial charge in [0.25, 0.3) is 0 Å². The van der Waals surface area contributed by atoms with Crippen molar-refractivity contribution in [1.82, 2.24) is 9.88 Å². The lowest BCUT2D eigenvalue weighted by Gasteiger charge is -2.21. The molecule has 4 rings (SSSR count). The maximum Gasteiger partial charge on any atom is 0.127 e. The summed E-state index contributed by atoms with van der Waals surface area (Å²) < 4.78 is 0. The van der Waals surface area contributed by atoms with Crippen LogP contribution in [0.4, 0.5) is 5.69 Å². The van der Waals surface area contributed by atoms with Crippen LogP contribution in [0, 0.1) is 0 Å². The molecule has 122 valence electrons. The summed E-state index contributed by atoms with van der Waals surface area (Å²) in [5.74, 6) is 0.606. The molecule has 2 heterocycles. The molecule has 0 fully saturated rings. The third kappa shape index (κ3) is 2.81. The first-order valence-corrected chi connectivity index (χ1v) is 8.40. The monoisotopic (exact) mass is 318 g/mol. The Bertz CT molecular complexity index is 895. The highest BCUT2D eigenvalue weighted by Crippen LogP contribution is 2.31. The Balaban J connectivity index is 1.70. The van der Waals surface area contributed by atoms with Crippen molar-refractivity contribution in [1.29, 1.82) is 0 Å². The van der Waals surface area contributed by atoms with Crippen LogP contribution in [0.1, 0.15) is 18.4 Å². The Morgan fingerprint density at radius 3 is 3.00 bits per heavy atom. The van der Waals surface area contributed by atoms with E-state index >= 15 is 0 Å². The lowest BCUT2D eigenvalue weighted by atomic mass is 9.99. The first-order chi connectivity index (χ1) is 11.7. The van der Waals surface area contributed by atoms with Crippen molar-refractivity contribution in [3.63, 3.8) is 0 Å². The van der Waals surface area contributed by atoms with Crippen LogP contribution >= 0.6 is 0 Å². The van der Waals surface area contributed by atoms with E-state index in [1.807, 2.05) is 18.2 Å². The molecule has 1 aromatic carbocycles. The third-order valence-electron chi connectivity index (χ3n) is 4.77. The molecule has 0 unspecified atom stereocenters. The lowest BCUT2D eigenvalue weighted by molar-refractivity contribution is 0.370. The topological polar surface area (TPSA) is 57.4 Å². The van der Waals surface area contributed by atoms with E-state index in [4.69, 9.17) is 5.73 Å². The second-order valence-corrected chi connectivity index (χ2v) is 6.50. The lowest BCUT2D eigenvalue weighted by Crippen LogP contribution is -2.23. The van der Waals surface area contributed by atoms with Crippen molar-refractivity contribution in [3.8, 4) is 0 Å². The largest absolute Gasteiger partial charge is 0.383 e. The van der Waals surface area contributed by atoms with Crippen molar-refractivity contribution in [3.05, 3.63) is 59.8 Å². The summed E-state index contributed by atoms with van der Waals surface area (Å²) in [5.41, 5.74) is 12.0. The molecule has 4 heteroatoms. The summed E-state index contributed by atoms with van der Waals surface area (Å²) in [4.78, 5) is 10.3. The van der Waals surface area contributed by atoms with E-state index in [0.29, 0.717) is 5.84 Å². The van der Waals surface area contributed by atoms with Gasteiger partial charge in [-0.15, -0.1) is 0 Å². The van der Waals surface area contributed by atoms with E-state index in [-0.39, 0.29) is 0 Å². The highest BCUT2D eigenvalue weighted by atomic mass is 15.1. The fraction of sp³-hybridized carbons (Fsp3) is 0.250. The standard InChI is InChI=1S/C20H22N4/c1-24-10-8-14(9-11-24)18-13-22-19-7-6-16(12-17(18)19)23-20(21)15-4-2-3-5-15/h2-4,6-8,12-13,22H,5,9-11H2,1H3,(H2,21,23). The smallest absolute Gasteiger partial charge is 0.127 e. The predicted octanol–water partition coefficient (Wildman–Crippen LogP) is 3.76. The molecule has 1 aliphatic carbocycles. The summed E-state index contributed by atoms with van der Waals surface area (Å²) >= 11 is 0. The number of fused-ring (bicyclic) bond motifs is 1. The fourth-order valence-electron chi connectivity index (χ4n) is 3.31. The van der Waals surface area contributed by atoms with Gasteiger partial charge in [-0.2, -0.15) is 0 Å². The molecule has 0 amide bonds. The normalized spacial score (nSPS) is 19.0. The number of aromatic nitrogens is 1. The molecule has 0 bridgehead atoms. The van der Waals surface area contributed by atoms with Crippen LogP contribution < -0.4 is 5.73 Å². The van der Waals surface area contributed by atoms with Gasteiger partial charge >= 0.3 is 0 Å². The average Bonchev–Trinajstić information content (AvgIpc) is 3.25. The quantitative estimate of drug-likeness (QED) is 0.669. The van der Waals surface area contributed by atoms with Gasteiger partial charge in [-0.1, -0.05) is 24.3 Å². The summed E-state index contributed by atoms with van der Waals surface area (Å²) in [7, 11) is 2.16. The van der Waals surface area contributed by atoms with E-state index in [0.717, 1.165) is 42.7 Å². The van der Waals surface area contributed by atoms with Gasteiger partial charge < -0.3 is 15.6 Å². The van der Waals surface area contributed by atoms with Gasteiger partial charge in [0.15, 0.2) is 0 Å². The minimum absolute atomic E-state index is 0.606. The van der Waals surface area contributed by atoms with Gasteiger partial charge in [0.2, 0.25) is 0 Å². The Kier molecular flexibility index (Phi) is 3.82. The van der Waals surface area contributed by atoms with Crippen LogP contribution in [0.25, 0.3) is 16.5 Å². The molecule has 1 aromatic heterocycles. The molecule has 3 N–H and O–H groups in total. The Labute approximate surface area is 142 Å². The summed E-state index contributed by atoms with van der Waals surface area (Å²) in [6.45, 7) is 2.11. The number of hydrogen-bond donors (Lipinski definition) is 2. The second kappa shape index (κ2) is 6.13. The second-order valence-electron chi connectivity index (χ2n) is 6.50. The maximum absolute atomic E-state index is 6.14. The van der Waals surface area contributed by atoms with Crippen LogP contribution in [-0.4, -0.2) is 35.9 Å². The first-order valence-electron chi connectivity index (χ1n) is 8.40. The molecule has 0 saturated heterocycles. The number of likely N-dealkylation sites (N-methyl/N-ethyl adjacent to an activating group) is 1. The first kappa shape index (κ1) is 15.0. The zero-order chi connectivity index (χ0) is 16.5. The van der Waals surface area contributed by atoms with E-state index in [1.54, 1.807) is 0 Å². The van der Waals surface area contributed by atoms with E-state index < -0.39 is 0 Å². The molecular formula is C20H22N4. The predicted molar refractivity (Wildman–Crippen MR) is 102 cm³/mol. The zero-order valence-corrected chi connectivity index (χ0v) is 13.9. The van der Waals surface area contributed by atoms with Gasteiger partial charge in [0.1, 0.15) is 5.84 Å². The van der Waals surface area contributed by atoms with E-state index in [9.17, 15) is 0 Å². The zero-order valence-electron chi connectivity index (χ0n) is 13.9. The van der Waals surface area contributed by atoms with E-state index in [1.165, 1.54) is 16.5 Å².